The Morgan fingerprint density at radius 2 is 1.59 bits per heavy atom. The second-order valence-electron chi connectivity index (χ2n) is 6.32. The van der Waals surface area contributed by atoms with Crippen molar-refractivity contribution in [3.8, 4) is 0 Å². The number of aliphatic carboxylic acids is 1. The van der Waals surface area contributed by atoms with E-state index >= 15 is 0 Å². The number of aliphatic hydroxyl groups is 1. The Labute approximate surface area is 167 Å². The van der Waals surface area contributed by atoms with Crippen LogP contribution in [0, 0.1) is 0 Å². The van der Waals surface area contributed by atoms with Gasteiger partial charge in [-0.1, -0.05) is 6.42 Å². The quantitative estimate of drug-likeness (QED) is 0.120. The molecule has 3 atom stereocenters. The molecule has 0 saturated heterocycles. The van der Waals surface area contributed by atoms with Gasteiger partial charge in [-0.2, -0.15) is 0 Å². The van der Waals surface area contributed by atoms with Gasteiger partial charge in [0.2, 0.25) is 23.6 Å². The first-order valence-corrected chi connectivity index (χ1v) is 9.07. The van der Waals surface area contributed by atoms with Crippen LogP contribution in [-0.2, 0) is 24.0 Å². The van der Waals surface area contributed by atoms with E-state index in [0.717, 1.165) is 0 Å². The molecule has 29 heavy (non-hydrogen) atoms. The zero-order valence-electron chi connectivity index (χ0n) is 16.1. The molecular weight excluding hydrogens is 388 g/mol. The minimum atomic E-state index is -1.45. The van der Waals surface area contributed by atoms with E-state index in [-0.39, 0.29) is 12.8 Å². The van der Waals surface area contributed by atoms with Crippen LogP contribution in [0.1, 0.15) is 32.1 Å². The molecule has 13 nitrogen and oxygen atoms in total. The highest BCUT2D eigenvalue weighted by Crippen LogP contribution is 1.99. The fourth-order valence-corrected chi connectivity index (χ4v) is 2.19. The van der Waals surface area contributed by atoms with Crippen LogP contribution in [0.25, 0.3) is 0 Å². The minimum absolute atomic E-state index is 0.249. The first-order chi connectivity index (χ1) is 13.6. The number of rotatable bonds is 15. The van der Waals surface area contributed by atoms with Gasteiger partial charge in [-0.15, -0.1) is 0 Å². The van der Waals surface area contributed by atoms with Crippen molar-refractivity contribution in [2.24, 2.45) is 17.2 Å². The van der Waals surface area contributed by atoms with Gasteiger partial charge in [0, 0.05) is 6.42 Å². The predicted molar refractivity (Wildman–Crippen MR) is 101 cm³/mol. The van der Waals surface area contributed by atoms with Crippen molar-refractivity contribution in [3.63, 3.8) is 0 Å². The van der Waals surface area contributed by atoms with Gasteiger partial charge < -0.3 is 43.4 Å². The van der Waals surface area contributed by atoms with Crippen molar-refractivity contribution in [2.45, 2.75) is 50.2 Å². The van der Waals surface area contributed by atoms with Crippen LogP contribution in [0.15, 0.2) is 0 Å². The van der Waals surface area contributed by atoms with Crippen molar-refractivity contribution in [1.29, 1.82) is 0 Å². The molecule has 13 heteroatoms. The van der Waals surface area contributed by atoms with Gasteiger partial charge in [0.05, 0.1) is 19.2 Å². The van der Waals surface area contributed by atoms with E-state index in [0.29, 0.717) is 25.8 Å². The Kier molecular flexibility index (Phi) is 12.9. The van der Waals surface area contributed by atoms with Crippen LogP contribution in [0.3, 0.4) is 0 Å². The fourth-order valence-electron chi connectivity index (χ4n) is 2.19. The Morgan fingerprint density at radius 3 is 2.10 bits per heavy atom. The molecule has 0 fully saturated rings. The zero-order chi connectivity index (χ0) is 22.4. The predicted octanol–water partition coefficient (Wildman–Crippen LogP) is -4.13. The Hall–Kier alpha value is -2.77. The van der Waals surface area contributed by atoms with E-state index in [1.54, 1.807) is 0 Å². The molecule has 0 heterocycles. The van der Waals surface area contributed by atoms with Gasteiger partial charge in [0.1, 0.15) is 12.1 Å². The SMILES string of the molecule is NCCCCC(N)C(=O)NCC(=O)NC(CO)C(=O)NC(CCC(N)=O)C(=O)O. The monoisotopic (exact) mass is 418 g/mol. The average Bonchev–Trinajstić information content (AvgIpc) is 2.66. The Morgan fingerprint density at radius 1 is 0.931 bits per heavy atom. The summed E-state index contributed by atoms with van der Waals surface area (Å²) in [6, 6.07) is -3.69. The standard InChI is InChI=1S/C16H30N6O7/c17-6-2-1-3-9(18)14(26)20-7-13(25)21-11(8-23)15(27)22-10(16(28)29)4-5-12(19)24/h9-11,23H,1-8,17-18H2,(H2,19,24)(H,20,26)(H,21,25)(H,22,27)(H,28,29). The highest BCUT2D eigenvalue weighted by molar-refractivity contribution is 5.92. The minimum Gasteiger partial charge on any atom is -0.480 e. The second-order valence-corrected chi connectivity index (χ2v) is 6.32. The molecule has 0 aromatic heterocycles. The van der Waals surface area contributed by atoms with E-state index < -0.39 is 60.9 Å². The van der Waals surface area contributed by atoms with Gasteiger partial charge in [0.25, 0.3) is 0 Å². The number of primary amides is 1. The number of hydrogen-bond acceptors (Lipinski definition) is 8. The number of nitrogens with one attached hydrogen (secondary N) is 3. The van der Waals surface area contributed by atoms with E-state index in [4.69, 9.17) is 22.3 Å². The number of nitrogens with two attached hydrogens (primary N) is 3. The maximum Gasteiger partial charge on any atom is 0.326 e. The van der Waals surface area contributed by atoms with E-state index in [2.05, 4.69) is 16.0 Å². The zero-order valence-corrected chi connectivity index (χ0v) is 16.1. The number of carboxylic acids is 1. The van der Waals surface area contributed by atoms with Crippen molar-refractivity contribution >= 4 is 29.6 Å². The van der Waals surface area contributed by atoms with Crippen LogP contribution >= 0.6 is 0 Å². The van der Waals surface area contributed by atoms with Crippen LogP contribution in [0.5, 0.6) is 0 Å². The summed E-state index contributed by atoms with van der Waals surface area (Å²) >= 11 is 0. The van der Waals surface area contributed by atoms with Gasteiger partial charge in [-0.05, 0) is 25.8 Å². The van der Waals surface area contributed by atoms with E-state index in [1.807, 2.05) is 0 Å². The Balaban J connectivity index is 4.54. The van der Waals surface area contributed by atoms with Crippen molar-refractivity contribution in [1.82, 2.24) is 16.0 Å². The molecule has 0 spiro atoms. The number of carbonyl (C=O) groups is 5. The lowest BCUT2D eigenvalue weighted by molar-refractivity contribution is -0.142. The van der Waals surface area contributed by atoms with Crippen LogP contribution in [0.2, 0.25) is 0 Å². The van der Waals surface area contributed by atoms with Crippen LogP contribution in [0.4, 0.5) is 0 Å². The molecule has 4 amide bonds. The van der Waals surface area contributed by atoms with Crippen LogP contribution in [-0.4, -0.2) is 77.6 Å². The molecule has 0 aliphatic carbocycles. The molecular formula is C16H30N6O7. The highest BCUT2D eigenvalue weighted by Gasteiger charge is 2.26. The van der Waals surface area contributed by atoms with Crippen LogP contribution < -0.4 is 33.2 Å². The molecule has 0 radical (unpaired) electrons. The molecule has 0 saturated carbocycles. The number of hydrogen-bond donors (Lipinski definition) is 8. The van der Waals surface area contributed by atoms with Crippen molar-refractivity contribution in [3.05, 3.63) is 0 Å². The number of aliphatic hydroxyl groups excluding tert-OH is 1. The maximum atomic E-state index is 12.1. The van der Waals surface area contributed by atoms with Crippen molar-refractivity contribution in [2.75, 3.05) is 19.7 Å². The average molecular weight is 418 g/mol. The molecule has 166 valence electrons. The van der Waals surface area contributed by atoms with E-state index in [1.165, 1.54) is 0 Å². The number of amides is 4. The van der Waals surface area contributed by atoms with Crippen molar-refractivity contribution < 1.29 is 34.2 Å². The molecule has 0 aliphatic rings. The van der Waals surface area contributed by atoms with Gasteiger partial charge in [-0.3, -0.25) is 19.2 Å². The normalized spacial score (nSPS) is 13.6. The largest absolute Gasteiger partial charge is 0.480 e. The molecule has 0 aromatic carbocycles. The van der Waals surface area contributed by atoms with Gasteiger partial charge in [-0.25, -0.2) is 4.79 Å². The highest BCUT2D eigenvalue weighted by atomic mass is 16.4. The third kappa shape index (κ3) is 11.6. The summed E-state index contributed by atoms with van der Waals surface area (Å²) in [4.78, 5) is 57.7. The maximum absolute atomic E-state index is 12.1. The Bertz CT molecular complexity index is 586. The number of carboxylic acid groups (broad SMARTS) is 1. The number of carbonyl (C=O) groups excluding carboxylic acids is 4. The molecule has 0 aliphatic heterocycles. The van der Waals surface area contributed by atoms with Gasteiger partial charge >= 0.3 is 5.97 Å². The first-order valence-electron chi connectivity index (χ1n) is 9.07. The summed E-state index contributed by atoms with van der Waals surface area (Å²) in [5, 5.41) is 24.9. The lowest BCUT2D eigenvalue weighted by Gasteiger charge is -2.20. The van der Waals surface area contributed by atoms with Gasteiger partial charge in [0.15, 0.2) is 0 Å². The second kappa shape index (κ2) is 14.3. The third-order valence-corrected chi connectivity index (χ3v) is 3.86. The molecule has 11 N–H and O–H groups in total. The topological polar surface area (TPSA) is 240 Å². The lowest BCUT2D eigenvalue weighted by Crippen LogP contribution is -2.55. The molecule has 0 aromatic rings. The lowest BCUT2D eigenvalue weighted by atomic mass is 10.1. The molecule has 0 rings (SSSR count). The first kappa shape index (κ1) is 26.2. The molecule has 3 unspecified atom stereocenters. The summed E-state index contributed by atoms with van der Waals surface area (Å²) in [6.45, 7) is -0.823. The summed E-state index contributed by atoms with van der Waals surface area (Å²) < 4.78 is 0. The third-order valence-electron chi connectivity index (χ3n) is 3.86. The summed E-state index contributed by atoms with van der Waals surface area (Å²) in [5.74, 6) is -4.46. The summed E-state index contributed by atoms with van der Waals surface area (Å²) in [6.07, 6.45) is 1.25. The number of unbranched alkanes of at least 4 members (excludes halogenated alkanes) is 1. The summed E-state index contributed by atoms with van der Waals surface area (Å²) in [5.41, 5.74) is 16.0. The van der Waals surface area contributed by atoms with E-state index in [9.17, 15) is 29.1 Å². The molecule has 0 bridgehead atoms. The fraction of sp³-hybridized carbons (Fsp3) is 0.688. The smallest absolute Gasteiger partial charge is 0.326 e. The summed E-state index contributed by atoms with van der Waals surface area (Å²) in [7, 11) is 0.